The normalized spacial score (nSPS) is 12.6. The van der Waals surface area contributed by atoms with Crippen molar-refractivity contribution in [1.82, 2.24) is 4.98 Å². The maximum atomic E-state index is 12.5. The Morgan fingerprint density at radius 2 is 2.10 bits per heavy atom. The largest absolute Gasteiger partial charge is 0.497 e. The van der Waals surface area contributed by atoms with Gasteiger partial charge in [-0.05, 0) is 42.3 Å². The van der Waals surface area contributed by atoms with Crippen LogP contribution in [0.25, 0.3) is 11.3 Å². The molecule has 1 N–H and O–H groups in total. The summed E-state index contributed by atoms with van der Waals surface area (Å²) in [5, 5.41) is 5.30. The SMILES string of the molecule is CCC(=O)N1CCc2cc(-c3csc(NC(=O)c4cccc(OC)c4)n3)ccc21. The van der Waals surface area contributed by atoms with Crippen molar-refractivity contribution in [3.63, 3.8) is 0 Å². The number of rotatable bonds is 5. The summed E-state index contributed by atoms with van der Waals surface area (Å²) in [6.45, 7) is 2.61. The first-order valence-electron chi connectivity index (χ1n) is 9.43. The van der Waals surface area contributed by atoms with Gasteiger partial charge in [-0.15, -0.1) is 11.3 Å². The molecule has 4 rings (SSSR count). The van der Waals surface area contributed by atoms with Crippen LogP contribution < -0.4 is 15.0 Å². The van der Waals surface area contributed by atoms with Crippen molar-refractivity contribution in [1.29, 1.82) is 0 Å². The van der Waals surface area contributed by atoms with E-state index in [1.807, 2.05) is 29.3 Å². The summed E-state index contributed by atoms with van der Waals surface area (Å²) in [5.41, 5.74) is 4.44. The van der Waals surface area contributed by atoms with Crippen LogP contribution in [-0.4, -0.2) is 30.5 Å². The van der Waals surface area contributed by atoms with Crippen molar-refractivity contribution >= 4 is 34.0 Å². The highest BCUT2D eigenvalue weighted by atomic mass is 32.1. The summed E-state index contributed by atoms with van der Waals surface area (Å²) in [5.74, 6) is 0.548. The predicted octanol–water partition coefficient (Wildman–Crippen LogP) is 4.37. The third-order valence-corrected chi connectivity index (χ3v) is 5.69. The van der Waals surface area contributed by atoms with Crippen LogP contribution in [0.3, 0.4) is 0 Å². The van der Waals surface area contributed by atoms with Crippen molar-refractivity contribution < 1.29 is 14.3 Å². The molecule has 148 valence electrons. The lowest BCUT2D eigenvalue weighted by Gasteiger charge is -2.16. The van der Waals surface area contributed by atoms with E-state index < -0.39 is 0 Å². The topological polar surface area (TPSA) is 71.5 Å². The van der Waals surface area contributed by atoms with E-state index in [1.54, 1.807) is 31.4 Å². The molecule has 6 nitrogen and oxygen atoms in total. The predicted molar refractivity (Wildman–Crippen MR) is 115 cm³/mol. The molecule has 0 unspecified atom stereocenters. The summed E-state index contributed by atoms with van der Waals surface area (Å²) >= 11 is 1.38. The first-order valence-corrected chi connectivity index (χ1v) is 10.3. The van der Waals surface area contributed by atoms with Gasteiger partial charge < -0.3 is 9.64 Å². The van der Waals surface area contributed by atoms with Gasteiger partial charge in [-0.25, -0.2) is 4.98 Å². The van der Waals surface area contributed by atoms with E-state index in [2.05, 4.69) is 16.4 Å². The molecule has 0 aliphatic carbocycles. The van der Waals surface area contributed by atoms with Crippen LogP contribution in [0, 0.1) is 0 Å². The Bertz CT molecular complexity index is 1080. The molecule has 3 aromatic rings. The number of methoxy groups -OCH3 is 1. The number of nitrogens with zero attached hydrogens (tertiary/aromatic N) is 2. The Kier molecular flexibility index (Phi) is 5.31. The fraction of sp³-hybridized carbons (Fsp3) is 0.227. The summed E-state index contributed by atoms with van der Waals surface area (Å²) in [4.78, 5) is 30.9. The lowest BCUT2D eigenvalue weighted by molar-refractivity contribution is -0.118. The summed E-state index contributed by atoms with van der Waals surface area (Å²) in [7, 11) is 1.57. The molecule has 0 spiro atoms. The maximum absolute atomic E-state index is 12.5. The fourth-order valence-electron chi connectivity index (χ4n) is 3.41. The minimum absolute atomic E-state index is 0.146. The third kappa shape index (κ3) is 3.86. The van der Waals surface area contributed by atoms with E-state index in [0.29, 0.717) is 22.9 Å². The molecule has 7 heteroatoms. The molecule has 0 atom stereocenters. The standard InChI is InChI=1S/C22H21N3O3S/c1-3-20(26)25-10-9-15-11-14(7-8-19(15)25)18-13-29-22(23-18)24-21(27)16-5-4-6-17(12-16)28-2/h4-8,11-13H,3,9-10H2,1-2H3,(H,23,24,27). The molecule has 2 amide bonds. The van der Waals surface area contributed by atoms with Gasteiger partial charge in [-0.3, -0.25) is 14.9 Å². The second kappa shape index (κ2) is 8.05. The van der Waals surface area contributed by atoms with Crippen molar-refractivity contribution in [2.24, 2.45) is 0 Å². The summed E-state index contributed by atoms with van der Waals surface area (Å²) in [6, 6.07) is 13.0. The Morgan fingerprint density at radius 3 is 2.90 bits per heavy atom. The number of amides is 2. The number of hydrogen-bond acceptors (Lipinski definition) is 5. The molecule has 2 aromatic carbocycles. The minimum Gasteiger partial charge on any atom is -0.497 e. The number of benzene rings is 2. The van der Waals surface area contributed by atoms with Gasteiger partial charge >= 0.3 is 0 Å². The van der Waals surface area contributed by atoms with Gasteiger partial charge in [0.15, 0.2) is 5.13 Å². The summed E-state index contributed by atoms with van der Waals surface area (Å²) in [6.07, 6.45) is 1.35. The van der Waals surface area contributed by atoms with Gasteiger partial charge in [-0.1, -0.05) is 19.1 Å². The number of ether oxygens (including phenoxy) is 1. The zero-order chi connectivity index (χ0) is 20.4. The number of fused-ring (bicyclic) bond motifs is 1. The van der Waals surface area contributed by atoms with Crippen LogP contribution in [0.1, 0.15) is 29.3 Å². The molecule has 0 fully saturated rings. The number of hydrogen-bond donors (Lipinski definition) is 1. The summed E-state index contributed by atoms with van der Waals surface area (Å²) < 4.78 is 5.17. The van der Waals surface area contributed by atoms with Crippen LogP contribution in [0.15, 0.2) is 47.8 Å². The zero-order valence-corrected chi connectivity index (χ0v) is 17.1. The molecule has 1 aliphatic rings. The minimum atomic E-state index is -0.229. The second-order valence-corrected chi connectivity index (χ2v) is 7.57. The number of carbonyl (C=O) groups excluding carboxylic acids is 2. The Hall–Kier alpha value is -3.19. The Morgan fingerprint density at radius 1 is 1.24 bits per heavy atom. The number of anilines is 2. The van der Waals surface area contributed by atoms with Gasteiger partial charge in [0.05, 0.1) is 12.8 Å². The van der Waals surface area contributed by atoms with E-state index in [1.165, 1.54) is 11.3 Å². The highest BCUT2D eigenvalue weighted by Crippen LogP contribution is 2.33. The maximum Gasteiger partial charge on any atom is 0.257 e. The van der Waals surface area contributed by atoms with E-state index in [-0.39, 0.29) is 11.8 Å². The monoisotopic (exact) mass is 407 g/mol. The zero-order valence-electron chi connectivity index (χ0n) is 16.3. The molecule has 0 saturated carbocycles. The lowest BCUT2D eigenvalue weighted by atomic mass is 10.1. The first-order chi connectivity index (χ1) is 14.1. The quantitative estimate of drug-likeness (QED) is 0.682. The molecular weight excluding hydrogens is 386 g/mol. The van der Waals surface area contributed by atoms with E-state index in [0.717, 1.165) is 35.5 Å². The van der Waals surface area contributed by atoms with Crippen LogP contribution >= 0.6 is 11.3 Å². The van der Waals surface area contributed by atoms with Crippen LogP contribution in [0.4, 0.5) is 10.8 Å². The molecule has 1 aromatic heterocycles. The van der Waals surface area contributed by atoms with Crippen LogP contribution in [0.2, 0.25) is 0 Å². The highest BCUT2D eigenvalue weighted by Gasteiger charge is 2.24. The molecule has 29 heavy (non-hydrogen) atoms. The first kappa shape index (κ1) is 19.1. The molecular formula is C22H21N3O3S. The van der Waals surface area contributed by atoms with Gasteiger partial charge in [-0.2, -0.15) is 0 Å². The Balaban J connectivity index is 1.51. The third-order valence-electron chi connectivity index (χ3n) is 4.93. The highest BCUT2D eigenvalue weighted by molar-refractivity contribution is 7.14. The van der Waals surface area contributed by atoms with E-state index in [4.69, 9.17) is 4.74 Å². The average molecular weight is 407 g/mol. The smallest absolute Gasteiger partial charge is 0.257 e. The van der Waals surface area contributed by atoms with Gasteiger partial charge in [0.2, 0.25) is 5.91 Å². The molecule has 0 radical (unpaired) electrons. The van der Waals surface area contributed by atoms with Crippen LogP contribution in [-0.2, 0) is 11.2 Å². The van der Waals surface area contributed by atoms with Crippen LogP contribution in [0.5, 0.6) is 5.75 Å². The van der Waals surface area contributed by atoms with Gasteiger partial charge in [0.25, 0.3) is 5.91 Å². The number of aromatic nitrogens is 1. The average Bonchev–Trinajstić information content (AvgIpc) is 3.39. The van der Waals surface area contributed by atoms with Crippen molar-refractivity contribution in [2.45, 2.75) is 19.8 Å². The molecule has 0 saturated heterocycles. The van der Waals surface area contributed by atoms with E-state index >= 15 is 0 Å². The van der Waals surface area contributed by atoms with Gasteiger partial charge in [0, 0.05) is 35.2 Å². The molecule has 2 heterocycles. The number of carbonyl (C=O) groups is 2. The lowest BCUT2D eigenvalue weighted by Crippen LogP contribution is -2.27. The number of thiazole rings is 1. The number of nitrogens with one attached hydrogen (secondary N) is 1. The van der Waals surface area contributed by atoms with Crippen molar-refractivity contribution in [3.8, 4) is 17.0 Å². The van der Waals surface area contributed by atoms with Crippen molar-refractivity contribution in [3.05, 3.63) is 59.0 Å². The molecule has 0 bridgehead atoms. The van der Waals surface area contributed by atoms with Crippen molar-refractivity contribution in [2.75, 3.05) is 23.9 Å². The van der Waals surface area contributed by atoms with E-state index in [9.17, 15) is 9.59 Å². The Labute approximate surface area is 173 Å². The van der Waals surface area contributed by atoms with Gasteiger partial charge in [0.1, 0.15) is 5.75 Å². The second-order valence-electron chi connectivity index (χ2n) is 6.72. The fourth-order valence-corrected chi connectivity index (χ4v) is 4.12. The molecule has 1 aliphatic heterocycles.